The minimum absolute atomic E-state index is 0.159. The molecule has 26 heavy (non-hydrogen) atoms. The zero-order chi connectivity index (χ0) is 18.5. The van der Waals surface area contributed by atoms with Crippen LogP contribution in [-0.2, 0) is 14.3 Å². The summed E-state index contributed by atoms with van der Waals surface area (Å²) in [5.41, 5.74) is 1.08. The van der Waals surface area contributed by atoms with Gasteiger partial charge in [0.1, 0.15) is 5.75 Å². The van der Waals surface area contributed by atoms with Crippen molar-refractivity contribution in [1.29, 1.82) is 0 Å². The summed E-state index contributed by atoms with van der Waals surface area (Å²) >= 11 is 0. The standard InChI is InChI=1S/C20H27NO5/c1-13-10-18(22)17(21-13)11-25-15-8-6-14(7-9-15)16-4-2-3-5-19(16)26-12-20(23)24/h2-5,13-15,17,21H,6-12H2,1H3,(H,23,24)/t13-,14?,15?,17-/m0/s1. The van der Waals surface area contributed by atoms with Crippen molar-refractivity contribution in [3.05, 3.63) is 29.8 Å². The molecule has 6 heteroatoms. The maximum atomic E-state index is 11.8. The number of nitrogens with one attached hydrogen (secondary N) is 1. The molecule has 0 radical (unpaired) electrons. The molecule has 1 saturated carbocycles. The monoisotopic (exact) mass is 361 g/mol. The van der Waals surface area contributed by atoms with Crippen LogP contribution in [0.4, 0.5) is 0 Å². The lowest BCUT2D eigenvalue weighted by molar-refractivity contribution is -0.139. The average molecular weight is 361 g/mol. The number of ether oxygens (including phenoxy) is 2. The van der Waals surface area contributed by atoms with E-state index in [1.807, 2.05) is 31.2 Å². The summed E-state index contributed by atoms with van der Waals surface area (Å²) in [7, 11) is 0. The lowest BCUT2D eigenvalue weighted by Crippen LogP contribution is -2.36. The highest BCUT2D eigenvalue weighted by Crippen LogP contribution is 2.38. The van der Waals surface area contributed by atoms with Gasteiger partial charge in [-0.2, -0.15) is 0 Å². The third-order valence-corrected chi connectivity index (χ3v) is 5.26. The summed E-state index contributed by atoms with van der Waals surface area (Å²) in [5.74, 6) is 0.289. The van der Waals surface area contributed by atoms with E-state index in [-0.39, 0.29) is 30.6 Å². The van der Waals surface area contributed by atoms with E-state index in [0.29, 0.717) is 24.7 Å². The number of hydrogen-bond acceptors (Lipinski definition) is 5. The van der Waals surface area contributed by atoms with Gasteiger partial charge in [0.15, 0.2) is 12.4 Å². The van der Waals surface area contributed by atoms with E-state index >= 15 is 0 Å². The van der Waals surface area contributed by atoms with Crippen LogP contribution in [0.1, 0.15) is 50.5 Å². The number of hydrogen-bond donors (Lipinski definition) is 2. The normalized spacial score (nSPS) is 28.9. The molecule has 142 valence electrons. The molecule has 1 aromatic carbocycles. The summed E-state index contributed by atoms with van der Waals surface area (Å²) in [6.07, 6.45) is 4.60. The third-order valence-electron chi connectivity index (χ3n) is 5.26. The second-order valence-corrected chi connectivity index (χ2v) is 7.32. The Kier molecular flexibility index (Phi) is 6.27. The van der Waals surface area contributed by atoms with Crippen LogP contribution in [0.25, 0.3) is 0 Å². The number of ketones is 1. The first-order chi connectivity index (χ1) is 12.5. The van der Waals surface area contributed by atoms with E-state index in [9.17, 15) is 9.59 Å². The molecule has 1 aliphatic heterocycles. The molecule has 0 aromatic heterocycles. The number of carbonyl (C=O) groups is 2. The molecule has 2 fully saturated rings. The molecule has 1 heterocycles. The van der Waals surface area contributed by atoms with Crippen LogP contribution >= 0.6 is 0 Å². The molecule has 0 bridgehead atoms. The first-order valence-corrected chi connectivity index (χ1v) is 9.37. The number of Topliss-reactive ketones (excluding diaryl/α,β-unsaturated/α-hetero) is 1. The summed E-state index contributed by atoms with van der Waals surface area (Å²) in [6.45, 7) is 2.15. The van der Waals surface area contributed by atoms with E-state index in [2.05, 4.69) is 5.32 Å². The predicted molar refractivity (Wildman–Crippen MR) is 96.5 cm³/mol. The van der Waals surface area contributed by atoms with Gasteiger partial charge in [0.25, 0.3) is 0 Å². The van der Waals surface area contributed by atoms with Gasteiger partial charge < -0.3 is 19.9 Å². The minimum atomic E-state index is -0.971. The Morgan fingerprint density at radius 2 is 1.96 bits per heavy atom. The third kappa shape index (κ3) is 4.83. The van der Waals surface area contributed by atoms with Gasteiger partial charge in [0, 0.05) is 12.5 Å². The van der Waals surface area contributed by atoms with Crippen molar-refractivity contribution in [3.63, 3.8) is 0 Å². The van der Waals surface area contributed by atoms with Crippen LogP contribution in [0.5, 0.6) is 5.75 Å². The summed E-state index contributed by atoms with van der Waals surface area (Å²) in [5, 5.41) is 12.1. The number of para-hydroxylation sites is 1. The molecule has 0 unspecified atom stereocenters. The average Bonchev–Trinajstić information content (AvgIpc) is 2.96. The zero-order valence-corrected chi connectivity index (χ0v) is 15.1. The highest BCUT2D eigenvalue weighted by Gasteiger charge is 2.31. The number of aliphatic carboxylic acids is 1. The van der Waals surface area contributed by atoms with Gasteiger partial charge in [0.2, 0.25) is 0 Å². The number of carboxylic acid groups (broad SMARTS) is 1. The van der Waals surface area contributed by atoms with Gasteiger partial charge in [-0.1, -0.05) is 18.2 Å². The molecule has 1 saturated heterocycles. The van der Waals surface area contributed by atoms with Gasteiger partial charge in [-0.3, -0.25) is 4.79 Å². The Labute approximate surface area is 153 Å². The Morgan fingerprint density at radius 1 is 1.23 bits per heavy atom. The van der Waals surface area contributed by atoms with Crippen molar-refractivity contribution in [2.45, 2.75) is 63.1 Å². The SMILES string of the molecule is C[C@H]1CC(=O)[C@H](COC2CCC(c3ccccc3OCC(=O)O)CC2)N1. The van der Waals surface area contributed by atoms with E-state index in [4.69, 9.17) is 14.6 Å². The van der Waals surface area contributed by atoms with Crippen molar-refractivity contribution >= 4 is 11.8 Å². The summed E-state index contributed by atoms with van der Waals surface area (Å²) in [4.78, 5) is 22.6. The van der Waals surface area contributed by atoms with Crippen molar-refractivity contribution in [3.8, 4) is 5.75 Å². The van der Waals surface area contributed by atoms with Crippen LogP contribution in [0.2, 0.25) is 0 Å². The molecule has 6 nitrogen and oxygen atoms in total. The Balaban J connectivity index is 1.49. The van der Waals surface area contributed by atoms with E-state index in [0.717, 1.165) is 31.2 Å². The number of carboxylic acids is 1. The maximum absolute atomic E-state index is 11.8. The molecule has 0 spiro atoms. The van der Waals surface area contributed by atoms with Crippen molar-refractivity contribution < 1.29 is 24.2 Å². The molecular weight excluding hydrogens is 334 g/mol. The molecule has 1 aliphatic carbocycles. The number of benzene rings is 1. The first kappa shape index (κ1) is 18.9. The highest BCUT2D eigenvalue weighted by atomic mass is 16.5. The fraction of sp³-hybridized carbons (Fsp3) is 0.600. The smallest absolute Gasteiger partial charge is 0.341 e. The van der Waals surface area contributed by atoms with Gasteiger partial charge in [-0.25, -0.2) is 4.79 Å². The minimum Gasteiger partial charge on any atom is -0.482 e. The highest BCUT2D eigenvalue weighted by molar-refractivity contribution is 5.86. The molecule has 3 rings (SSSR count). The molecule has 2 aliphatic rings. The molecular formula is C20H27NO5. The Morgan fingerprint density at radius 3 is 2.62 bits per heavy atom. The van der Waals surface area contributed by atoms with Gasteiger partial charge in [-0.15, -0.1) is 0 Å². The Bertz CT molecular complexity index is 639. The largest absolute Gasteiger partial charge is 0.482 e. The van der Waals surface area contributed by atoms with Crippen molar-refractivity contribution in [1.82, 2.24) is 5.32 Å². The molecule has 1 aromatic rings. The fourth-order valence-corrected chi connectivity index (χ4v) is 3.94. The van der Waals surface area contributed by atoms with Gasteiger partial charge >= 0.3 is 5.97 Å². The second-order valence-electron chi connectivity index (χ2n) is 7.32. The van der Waals surface area contributed by atoms with Crippen molar-refractivity contribution in [2.24, 2.45) is 0 Å². The first-order valence-electron chi connectivity index (χ1n) is 9.37. The van der Waals surface area contributed by atoms with Crippen molar-refractivity contribution in [2.75, 3.05) is 13.2 Å². The quantitative estimate of drug-likeness (QED) is 0.776. The maximum Gasteiger partial charge on any atom is 0.341 e. The number of rotatable bonds is 7. The van der Waals surface area contributed by atoms with Crippen LogP contribution in [0.15, 0.2) is 24.3 Å². The predicted octanol–water partition coefficient (Wildman–Crippen LogP) is 2.51. The fourth-order valence-electron chi connectivity index (χ4n) is 3.94. The topological polar surface area (TPSA) is 84.9 Å². The molecule has 2 N–H and O–H groups in total. The van der Waals surface area contributed by atoms with Gasteiger partial charge in [0.05, 0.1) is 18.8 Å². The zero-order valence-electron chi connectivity index (χ0n) is 15.1. The summed E-state index contributed by atoms with van der Waals surface area (Å²) in [6, 6.07) is 7.76. The van der Waals surface area contributed by atoms with Crippen LogP contribution in [0, 0.1) is 0 Å². The number of carbonyl (C=O) groups excluding carboxylic acids is 1. The molecule has 0 amide bonds. The lowest BCUT2D eigenvalue weighted by atomic mass is 9.82. The van der Waals surface area contributed by atoms with E-state index in [1.165, 1.54) is 0 Å². The molecule has 2 atom stereocenters. The van der Waals surface area contributed by atoms with Crippen LogP contribution in [-0.4, -0.2) is 48.3 Å². The lowest BCUT2D eigenvalue weighted by Gasteiger charge is -2.30. The summed E-state index contributed by atoms with van der Waals surface area (Å²) < 4.78 is 11.4. The van der Waals surface area contributed by atoms with E-state index < -0.39 is 5.97 Å². The van der Waals surface area contributed by atoms with E-state index in [1.54, 1.807) is 0 Å². The second kappa shape index (κ2) is 8.64. The van der Waals surface area contributed by atoms with Crippen LogP contribution in [0.3, 0.4) is 0 Å². The van der Waals surface area contributed by atoms with Crippen LogP contribution < -0.4 is 10.1 Å². The van der Waals surface area contributed by atoms with Gasteiger partial charge in [-0.05, 0) is 50.2 Å². The Hall–Kier alpha value is -1.92.